The highest BCUT2D eigenvalue weighted by Crippen LogP contribution is 2.17. The molecule has 5 heteroatoms. The van der Waals surface area contributed by atoms with Crippen LogP contribution >= 0.6 is 0 Å². The summed E-state index contributed by atoms with van der Waals surface area (Å²) in [6.07, 6.45) is 3.78. The Labute approximate surface area is 86.0 Å². The first-order valence-corrected chi connectivity index (χ1v) is 4.21. The molecule has 0 saturated heterocycles. The number of rotatable bonds is 4. The molecule has 1 rings (SSSR count). The normalized spacial score (nSPS) is 10.5. The number of pyridine rings is 1. The van der Waals surface area contributed by atoms with Gasteiger partial charge in [-0.1, -0.05) is 12.2 Å². The molecule has 1 heterocycles. The van der Waals surface area contributed by atoms with Crippen LogP contribution in [-0.4, -0.2) is 23.2 Å². The smallest absolute Gasteiger partial charge is 0.307 e. The van der Waals surface area contributed by atoms with Crippen LogP contribution in [0.15, 0.2) is 18.3 Å². The van der Waals surface area contributed by atoms with Crippen molar-refractivity contribution in [3.05, 3.63) is 29.7 Å². The van der Waals surface area contributed by atoms with Crippen molar-refractivity contribution < 1.29 is 19.0 Å². The van der Waals surface area contributed by atoms with Gasteiger partial charge in [-0.25, -0.2) is 9.37 Å². The van der Waals surface area contributed by atoms with Gasteiger partial charge in [0.25, 0.3) is 0 Å². The van der Waals surface area contributed by atoms with Crippen molar-refractivity contribution >= 4 is 12.0 Å². The molecule has 0 atom stereocenters. The summed E-state index contributed by atoms with van der Waals surface area (Å²) in [5.41, 5.74) is 0.416. The molecule has 1 aromatic heterocycles. The van der Waals surface area contributed by atoms with Crippen LogP contribution in [0, 0.1) is 5.82 Å². The lowest BCUT2D eigenvalue weighted by Crippen LogP contribution is -1.93. The topological polar surface area (TPSA) is 59.4 Å². The maximum atomic E-state index is 12.8. The van der Waals surface area contributed by atoms with E-state index in [0.29, 0.717) is 5.56 Å². The Hall–Kier alpha value is -1.91. The molecule has 0 unspecified atom stereocenters. The summed E-state index contributed by atoms with van der Waals surface area (Å²) >= 11 is 0. The molecule has 1 aromatic rings. The summed E-state index contributed by atoms with van der Waals surface area (Å²) in [6, 6.07) is 1.23. The van der Waals surface area contributed by atoms with Crippen LogP contribution in [0.3, 0.4) is 0 Å². The highest BCUT2D eigenvalue weighted by Gasteiger charge is 2.02. The van der Waals surface area contributed by atoms with E-state index in [1.54, 1.807) is 0 Å². The van der Waals surface area contributed by atoms with Crippen molar-refractivity contribution in [1.82, 2.24) is 4.98 Å². The van der Waals surface area contributed by atoms with Gasteiger partial charge in [0, 0.05) is 5.56 Å². The minimum absolute atomic E-state index is 0.125. The molecule has 0 bridgehead atoms. The maximum Gasteiger partial charge on any atom is 0.307 e. The van der Waals surface area contributed by atoms with Gasteiger partial charge in [-0.15, -0.1) is 0 Å². The maximum absolute atomic E-state index is 12.8. The highest BCUT2D eigenvalue weighted by atomic mass is 19.1. The van der Waals surface area contributed by atoms with Gasteiger partial charge in [-0.2, -0.15) is 0 Å². The Morgan fingerprint density at radius 2 is 2.47 bits per heavy atom. The fraction of sp³-hybridized carbons (Fsp3) is 0.200. The Morgan fingerprint density at radius 1 is 1.73 bits per heavy atom. The third kappa shape index (κ3) is 3.38. The lowest BCUT2D eigenvalue weighted by atomic mass is 10.2. The molecule has 15 heavy (non-hydrogen) atoms. The first kappa shape index (κ1) is 11.2. The number of methoxy groups -OCH3 is 1. The van der Waals surface area contributed by atoms with E-state index in [2.05, 4.69) is 4.98 Å². The Morgan fingerprint density at radius 3 is 3.07 bits per heavy atom. The van der Waals surface area contributed by atoms with E-state index in [1.807, 2.05) is 0 Å². The van der Waals surface area contributed by atoms with Gasteiger partial charge >= 0.3 is 5.97 Å². The molecular weight excluding hydrogens is 201 g/mol. The zero-order valence-electron chi connectivity index (χ0n) is 8.11. The molecule has 0 aliphatic rings. The summed E-state index contributed by atoms with van der Waals surface area (Å²) in [6.45, 7) is 0. The zero-order valence-corrected chi connectivity index (χ0v) is 8.11. The second-order valence-electron chi connectivity index (χ2n) is 2.75. The van der Waals surface area contributed by atoms with Gasteiger partial charge in [-0.3, -0.25) is 4.79 Å². The van der Waals surface area contributed by atoms with Crippen LogP contribution in [-0.2, 0) is 4.79 Å². The van der Waals surface area contributed by atoms with Crippen LogP contribution in [0.4, 0.5) is 4.39 Å². The minimum atomic E-state index is -0.949. The Bertz CT molecular complexity index is 390. The third-order valence-corrected chi connectivity index (χ3v) is 1.63. The standard InChI is InChI=1S/C10H10FNO3/c1-15-10-7(3-2-4-9(13)14)5-8(11)6-12-10/h2-3,5-6H,4H2,1H3,(H,13,14). The number of carboxylic acids is 1. The number of halogens is 1. The molecule has 0 spiro atoms. The molecule has 0 radical (unpaired) electrons. The molecule has 0 aromatic carbocycles. The predicted molar refractivity (Wildman–Crippen MR) is 52.0 cm³/mol. The first-order chi connectivity index (χ1) is 7.13. The lowest BCUT2D eigenvalue weighted by molar-refractivity contribution is -0.135. The number of ether oxygens (including phenoxy) is 1. The average molecular weight is 211 g/mol. The van der Waals surface area contributed by atoms with Crippen LogP contribution in [0.2, 0.25) is 0 Å². The zero-order chi connectivity index (χ0) is 11.3. The van der Waals surface area contributed by atoms with Crippen LogP contribution < -0.4 is 4.74 Å². The second kappa shape index (κ2) is 5.09. The van der Waals surface area contributed by atoms with E-state index < -0.39 is 11.8 Å². The van der Waals surface area contributed by atoms with E-state index in [4.69, 9.17) is 9.84 Å². The molecule has 0 saturated carbocycles. The molecule has 1 N–H and O–H groups in total. The molecule has 4 nitrogen and oxygen atoms in total. The molecule has 0 fully saturated rings. The monoisotopic (exact) mass is 211 g/mol. The quantitative estimate of drug-likeness (QED) is 0.823. The SMILES string of the molecule is COc1ncc(F)cc1C=CCC(=O)O. The van der Waals surface area contributed by atoms with Gasteiger partial charge in [0.15, 0.2) is 0 Å². The largest absolute Gasteiger partial charge is 0.481 e. The molecule has 0 aliphatic carbocycles. The summed E-state index contributed by atoms with van der Waals surface area (Å²) in [5, 5.41) is 8.40. The van der Waals surface area contributed by atoms with Crippen LogP contribution in [0.25, 0.3) is 6.08 Å². The Kier molecular flexibility index (Phi) is 3.79. The van der Waals surface area contributed by atoms with Crippen molar-refractivity contribution in [2.75, 3.05) is 7.11 Å². The molecule has 0 amide bonds. The number of hydrogen-bond donors (Lipinski definition) is 1. The molecule has 80 valence electrons. The number of aromatic nitrogens is 1. The Balaban J connectivity index is 2.87. The number of hydrogen-bond acceptors (Lipinski definition) is 3. The van der Waals surface area contributed by atoms with Gasteiger partial charge in [0.05, 0.1) is 19.7 Å². The van der Waals surface area contributed by atoms with Crippen molar-refractivity contribution in [2.24, 2.45) is 0 Å². The first-order valence-electron chi connectivity index (χ1n) is 4.21. The fourth-order valence-corrected chi connectivity index (χ4v) is 1.02. The van der Waals surface area contributed by atoms with Gasteiger partial charge < -0.3 is 9.84 Å². The van der Waals surface area contributed by atoms with Gasteiger partial charge in [-0.05, 0) is 6.07 Å². The van der Waals surface area contributed by atoms with Crippen molar-refractivity contribution in [1.29, 1.82) is 0 Å². The van der Waals surface area contributed by atoms with Gasteiger partial charge in [0.2, 0.25) is 5.88 Å². The average Bonchev–Trinajstić information content (AvgIpc) is 2.17. The molecule has 0 aliphatic heterocycles. The van der Waals surface area contributed by atoms with Crippen LogP contribution in [0.1, 0.15) is 12.0 Å². The van der Waals surface area contributed by atoms with Crippen molar-refractivity contribution in [2.45, 2.75) is 6.42 Å². The highest BCUT2D eigenvalue weighted by molar-refractivity contribution is 5.70. The van der Waals surface area contributed by atoms with E-state index in [9.17, 15) is 9.18 Å². The van der Waals surface area contributed by atoms with Gasteiger partial charge in [0.1, 0.15) is 5.82 Å². The number of carbonyl (C=O) groups is 1. The number of nitrogens with zero attached hydrogens (tertiary/aromatic N) is 1. The summed E-state index contributed by atoms with van der Waals surface area (Å²) in [4.78, 5) is 13.9. The van der Waals surface area contributed by atoms with E-state index in [-0.39, 0.29) is 12.3 Å². The van der Waals surface area contributed by atoms with Crippen molar-refractivity contribution in [3.8, 4) is 5.88 Å². The van der Waals surface area contributed by atoms with E-state index in [0.717, 1.165) is 6.20 Å². The van der Waals surface area contributed by atoms with Crippen molar-refractivity contribution in [3.63, 3.8) is 0 Å². The van der Waals surface area contributed by atoms with Crippen LogP contribution in [0.5, 0.6) is 5.88 Å². The fourth-order valence-electron chi connectivity index (χ4n) is 1.02. The number of aliphatic carboxylic acids is 1. The summed E-state index contributed by atoms with van der Waals surface area (Å²) < 4.78 is 17.7. The molecular formula is C10H10FNO3. The summed E-state index contributed by atoms with van der Waals surface area (Å²) in [7, 11) is 1.41. The number of carboxylic acid groups (broad SMARTS) is 1. The van der Waals surface area contributed by atoms with E-state index in [1.165, 1.54) is 25.3 Å². The lowest BCUT2D eigenvalue weighted by Gasteiger charge is -2.02. The second-order valence-corrected chi connectivity index (χ2v) is 2.75. The third-order valence-electron chi connectivity index (χ3n) is 1.63. The predicted octanol–water partition coefficient (Wildman–Crippen LogP) is 1.72. The van der Waals surface area contributed by atoms with E-state index >= 15 is 0 Å². The summed E-state index contributed by atoms with van der Waals surface area (Å²) in [5.74, 6) is -1.18. The minimum Gasteiger partial charge on any atom is -0.481 e.